The van der Waals surface area contributed by atoms with Crippen LogP contribution in [0.25, 0.3) is 0 Å². The second kappa shape index (κ2) is 10.9. The van der Waals surface area contributed by atoms with E-state index in [9.17, 15) is 4.79 Å². The van der Waals surface area contributed by atoms with Gasteiger partial charge >= 0.3 is 5.97 Å². The normalized spacial score (nSPS) is 12.4. The first kappa shape index (κ1) is 15.4. The van der Waals surface area contributed by atoms with Gasteiger partial charge in [-0.1, -0.05) is 13.3 Å². The fraction of sp³-hybridized carbons (Fsp3) is 0.917. The maximum atomic E-state index is 11.0. The molecule has 1 unspecified atom stereocenters. The number of rotatable bonds is 10. The second-order valence-electron chi connectivity index (χ2n) is 3.93. The topological polar surface area (TPSA) is 58.6 Å². The summed E-state index contributed by atoms with van der Waals surface area (Å²) in [7, 11) is 0. The van der Waals surface area contributed by atoms with Crippen LogP contribution >= 0.6 is 0 Å². The minimum absolute atomic E-state index is 0.149. The maximum absolute atomic E-state index is 11.0. The van der Waals surface area contributed by atoms with Gasteiger partial charge in [-0.05, 0) is 32.2 Å². The molecule has 16 heavy (non-hydrogen) atoms. The number of aliphatic hydroxyl groups is 1. The van der Waals surface area contributed by atoms with Crippen molar-refractivity contribution in [2.45, 2.75) is 39.5 Å². The van der Waals surface area contributed by atoms with Gasteiger partial charge < -0.3 is 15.2 Å². The van der Waals surface area contributed by atoms with E-state index in [2.05, 4.69) is 12.2 Å². The highest BCUT2D eigenvalue weighted by Crippen LogP contribution is 2.09. The van der Waals surface area contributed by atoms with Crippen LogP contribution in [-0.2, 0) is 9.53 Å². The average molecular weight is 231 g/mol. The van der Waals surface area contributed by atoms with Gasteiger partial charge in [-0.25, -0.2) is 0 Å². The largest absolute Gasteiger partial charge is 0.466 e. The molecule has 4 nitrogen and oxygen atoms in total. The van der Waals surface area contributed by atoms with Crippen molar-refractivity contribution in [3.05, 3.63) is 0 Å². The van der Waals surface area contributed by atoms with Crippen LogP contribution < -0.4 is 5.32 Å². The van der Waals surface area contributed by atoms with E-state index in [-0.39, 0.29) is 12.6 Å². The summed E-state index contributed by atoms with van der Waals surface area (Å²) < 4.78 is 4.82. The lowest BCUT2D eigenvalue weighted by Crippen LogP contribution is -2.26. The smallest absolute Gasteiger partial charge is 0.307 e. The van der Waals surface area contributed by atoms with Crippen LogP contribution in [0.3, 0.4) is 0 Å². The number of carbonyl (C=O) groups is 1. The summed E-state index contributed by atoms with van der Waals surface area (Å²) in [5.74, 6) is 0.362. The van der Waals surface area contributed by atoms with Gasteiger partial charge in [0.1, 0.15) is 0 Å². The quantitative estimate of drug-likeness (QED) is 0.440. The van der Waals surface area contributed by atoms with E-state index in [0.29, 0.717) is 25.5 Å². The van der Waals surface area contributed by atoms with Gasteiger partial charge in [0, 0.05) is 13.2 Å². The molecule has 0 spiro atoms. The summed E-state index contributed by atoms with van der Waals surface area (Å²) in [6.45, 7) is 6.16. The zero-order chi connectivity index (χ0) is 12.2. The highest BCUT2D eigenvalue weighted by molar-refractivity contribution is 5.69. The number of carbonyl (C=O) groups excluding carboxylic acids is 1. The first-order valence-electron chi connectivity index (χ1n) is 6.21. The molecule has 0 aliphatic rings. The van der Waals surface area contributed by atoms with Crippen molar-refractivity contribution >= 4 is 5.97 Å². The molecule has 0 fully saturated rings. The highest BCUT2D eigenvalue weighted by atomic mass is 16.5. The van der Waals surface area contributed by atoms with Crippen LogP contribution in [-0.4, -0.2) is 37.4 Å². The Kier molecular flexibility index (Phi) is 10.5. The van der Waals surface area contributed by atoms with E-state index in [4.69, 9.17) is 9.84 Å². The van der Waals surface area contributed by atoms with Crippen molar-refractivity contribution in [3.63, 3.8) is 0 Å². The molecule has 2 N–H and O–H groups in total. The van der Waals surface area contributed by atoms with E-state index in [0.717, 1.165) is 25.8 Å². The van der Waals surface area contributed by atoms with Crippen molar-refractivity contribution in [2.24, 2.45) is 5.92 Å². The first-order chi connectivity index (χ1) is 7.74. The van der Waals surface area contributed by atoms with Gasteiger partial charge in [-0.2, -0.15) is 0 Å². The third kappa shape index (κ3) is 8.68. The van der Waals surface area contributed by atoms with Crippen LogP contribution in [0, 0.1) is 5.92 Å². The monoisotopic (exact) mass is 231 g/mol. The van der Waals surface area contributed by atoms with Crippen molar-refractivity contribution in [2.75, 3.05) is 26.3 Å². The SMILES string of the molecule is CCCC(CCO)CNCCC(=O)OCC. The Hall–Kier alpha value is -0.610. The fourth-order valence-electron chi connectivity index (χ4n) is 1.67. The van der Waals surface area contributed by atoms with Crippen molar-refractivity contribution in [1.29, 1.82) is 0 Å². The molecule has 96 valence electrons. The van der Waals surface area contributed by atoms with Gasteiger partial charge in [0.25, 0.3) is 0 Å². The molecule has 0 aromatic heterocycles. The molecule has 1 atom stereocenters. The molecular weight excluding hydrogens is 206 g/mol. The molecule has 0 bridgehead atoms. The summed E-state index contributed by atoms with van der Waals surface area (Å²) in [5, 5.41) is 12.1. The first-order valence-corrected chi connectivity index (χ1v) is 6.21. The Balaban J connectivity index is 3.49. The molecule has 0 saturated heterocycles. The Bertz CT molecular complexity index is 168. The average Bonchev–Trinajstić information content (AvgIpc) is 2.25. The molecule has 0 aliphatic carbocycles. The van der Waals surface area contributed by atoms with Gasteiger partial charge in [0.15, 0.2) is 0 Å². The summed E-state index contributed by atoms with van der Waals surface area (Å²) in [6.07, 6.45) is 3.50. The van der Waals surface area contributed by atoms with Crippen molar-refractivity contribution in [3.8, 4) is 0 Å². The lowest BCUT2D eigenvalue weighted by molar-refractivity contribution is -0.142. The zero-order valence-electron chi connectivity index (χ0n) is 10.5. The predicted molar refractivity (Wildman–Crippen MR) is 64.2 cm³/mol. The lowest BCUT2D eigenvalue weighted by atomic mass is 10.0. The third-order valence-electron chi connectivity index (χ3n) is 2.48. The summed E-state index contributed by atoms with van der Waals surface area (Å²) in [6, 6.07) is 0. The van der Waals surface area contributed by atoms with Gasteiger partial charge in [-0.15, -0.1) is 0 Å². The standard InChI is InChI=1S/C12H25NO3/c1-3-5-11(7-9-14)10-13-8-6-12(15)16-4-2/h11,13-14H,3-10H2,1-2H3. The van der Waals surface area contributed by atoms with Crippen molar-refractivity contribution < 1.29 is 14.6 Å². The molecule has 0 aliphatic heterocycles. The number of nitrogens with one attached hydrogen (secondary N) is 1. The molecule has 0 saturated carbocycles. The van der Waals surface area contributed by atoms with Crippen molar-refractivity contribution in [1.82, 2.24) is 5.32 Å². The Morgan fingerprint density at radius 3 is 2.69 bits per heavy atom. The van der Waals surface area contributed by atoms with E-state index in [1.165, 1.54) is 0 Å². The van der Waals surface area contributed by atoms with E-state index in [1.54, 1.807) is 0 Å². The predicted octanol–water partition coefficient (Wildman–Crippen LogP) is 1.33. The molecule has 0 aromatic rings. The Morgan fingerprint density at radius 1 is 1.38 bits per heavy atom. The molecule has 0 heterocycles. The minimum Gasteiger partial charge on any atom is -0.466 e. The number of aliphatic hydroxyl groups excluding tert-OH is 1. The van der Waals surface area contributed by atoms with Crippen LogP contribution in [0.15, 0.2) is 0 Å². The number of esters is 1. The second-order valence-corrected chi connectivity index (χ2v) is 3.93. The highest BCUT2D eigenvalue weighted by Gasteiger charge is 2.07. The molecule has 4 heteroatoms. The molecule has 0 aromatic carbocycles. The summed E-state index contributed by atoms with van der Waals surface area (Å²) in [4.78, 5) is 11.0. The summed E-state index contributed by atoms with van der Waals surface area (Å²) >= 11 is 0. The molecule has 0 radical (unpaired) electrons. The van der Waals surface area contributed by atoms with E-state index < -0.39 is 0 Å². The summed E-state index contributed by atoms with van der Waals surface area (Å²) in [5.41, 5.74) is 0. The van der Waals surface area contributed by atoms with Crippen LogP contribution in [0.4, 0.5) is 0 Å². The number of hydrogen-bond acceptors (Lipinski definition) is 4. The molecule has 0 rings (SSSR count). The fourth-order valence-corrected chi connectivity index (χ4v) is 1.67. The lowest BCUT2D eigenvalue weighted by Gasteiger charge is -2.15. The zero-order valence-corrected chi connectivity index (χ0v) is 10.5. The molecule has 0 amide bonds. The molecular formula is C12H25NO3. The number of ether oxygens (including phenoxy) is 1. The van der Waals surface area contributed by atoms with Crippen LogP contribution in [0.5, 0.6) is 0 Å². The Labute approximate surface area is 98.4 Å². The minimum atomic E-state index is -0.149. The van der Waals surface area contributed by atoms with Gasteiger partial charge in [0.2, 0.25) is 0 Å². The third-order valence-corrected chi connectivity index (χ3v) is 2.48. The van der Waals surface area contributed by atoms with Crippen LogP contribution in [0.1, 0.15) is 39.5 Å². The van der Waals surface area contributed by atoms with Gasteiger partial charge in [-0.3, -0.25) is 4.79 Å². The Morgan fingerprint density at radius 2 is 2.12 bits per heavy atom. The van der Waals surface area contributed by atoms with Gasteiger partial charge in [0.05, 0.1) is 13.0 Å². The van der Waals surface area contributed by atoms with Crippen LogP contribution in [0.2, 0.25) is 0 Å². The number of hydrogen-bond donors (Lipinski definition) is 2. The maximum Gasteiger partial charge on any atom is 0.307 e. The van der Waals surface area contributed by atoms with E-state index >= 15 is 0 Å². The van der Waals surface area contributed by atoms with E-state index in [1.807, 2.05) is 6.92 Å².